The summed E-state index contributed by atoms with van der Waals surface area (Å²) in [6.45, 7) is 0. The number of ketones is 1. The zero-order valence-corrected chi connectivity index (χ0v) is 13.6. The smallest absolute Gasteiger partial charge is 0.339 e. The number of benzene rings is 2. The number of nitrogens with zero attached hydrogens (tertiary/aromatic N) is 1. The van der Waals surface area contributed by atoms with E-state index in [4.69, 9.17) is 5.11 Å². The number of aromatic hydroxyl groups is 1. The van der Waals surface area contributed by atoms with Gasteiger partial charge in [-0.1, -0.05) is 34.1 Å². The Balaban J connectivity index is 2.35. The summed E-state index contributed by atoms with van der Waals surface area (Å²) in [6.07, 6.45) is 2.45. The van der Waals surface area contributed by atoms with E-state index < -0.39 is 28.0 Å². The molecule has 2 rings (SSSR count). The fraction of sp³-hybridized carbons (Fsp3) is 0. The van der Waals surface area contributed by atoms with Gasteiger partial charge in [0.05, 0.1) is 10.5 Å². The van der Waals surface area contributed by atoms with E-state index >= 15 is 0 Å². The van der Waals surface area contributed by atoms with Gasteiger partial charge in [0.15, 0.2) is 5.78 Å². The van der Waals surface area contributed by atoms with Gasteiger partial charge >= 0.3 is 5.97 Å². The number of nitro benzene ring substituents is 1. The van der Waals surface area contributed by atoms with Crippen LogP contribution in [0.15, 0.2) is 46.9 Å². The number of rotatable bonds is 5. The molecule has 0 aliphatic carbocycles. The molecule has 0 spiro atoms. The third-order valence-corrected chi connectivity index (χ3v) is 3.54. The van der Waals surface area contributed by atoms with Crippen molar-refractivity contribution in [1.82, 2.24) is 0 Å². The third-order valence-electron chi connectivity index (χ3n) is 3.08. The molecule has 0 fully saturated rings. The first-order valence-electron chi connectivity index (χ1n) is 6.52. The maximum absolute atomic E-state index is 12.2. The summed E-state index contributed by atoms with van der Waals surface area (Å²) in [5, 5.41) is 29.7. The van der Waals surface area contributed by atoms with Crippen LogP contribution >= 0.6 is 15.9 Å². The maximum Gasteiger partial charge on any atom is 0.339 e. The summed E-state index contributed by atoms with van der Waals surface area (Å²) >= 11 is 3.08. The first kappa shape index (κ1) is 17.4. The van der Waals surface area contributed by atoms with Crippen molar-refractivity contribution < 1.29 is 24.7 Å². The molecule has 0 aromatic heterocycles. The summed E-state index contributed by atoms with van der Waals surface area (Å²) in [4.78, 5) is 33.4. The largest absolute Gasteiger partial charge is 0.506 e. The van der Waals surface area contributed by atoms with E-state index in [9.17, 15) is 24.8 Å². The van der Waals surface area contributed by atoms with Crippen molar-refractivity contribution in [2.24, 2.45) is 0 Å². The van der Waals surface area contributed by atoms with Gasteiger partial charge in [-0.2, -0.15) is 0 Å². The molecule has 0 heterocycles. The van der Waals surface area contributed by atoms with Crippen LogP contribution in [0.2, 0.25) is 0 Å². The minimum absolute atomic E-state index is 0.122. The Labute approximate surface area is 144 Å². The highest BCUT2D eigenvalue weighted by molar-refractivity contribution is 9.10. The second-order valence-corrected chi connectivity index (χ2v) is 5.62. The molecule has 0 aliphatic heterocycles. The summed E-state index contributed by atoms with van der Waals surface area (Å²) < 4.78 is 0.324. The lowest BCUT2D eigenvalue weighted by Gasteiger charge is -2.05. The van der Waals surface area contributed by atoms with Crippen LogP contribution in [-0.4, -0.2) is 26.9 Å². The molecule has 2 N–H and O–H groups in total. The van der Waals surface area contributed by atoms with Gasteiger partial charge in [-0.15, -0.1) is 0 Å². The minimum atomic E-state index is -1.37. The molecule has 0 atom stereocenters. The number of carboxylic acids is 1. The number of carbonyl (C=O) groups is 2. The predicted octanol–water partition coefficient (Wildman–Crippen LogP) is 3.66. The molecule has 0 unspecified atom stereocenters. The van der Waals surface area contributed by atoms with Crippen LogP contribution in [0.4, 0.5) is 5.69 Å². The van der Waals surface area contributed by atoms with Crippen LogP contribution < -0.4 is 0 Å². The van der Waals surface area contributed by atoms with Crippen molar-refractivity contribution in [3.8, 4) is 5.75 Å². The zero-order chi connectivity index (χ0) is 17.9. The molecule has 0 saturated carbocycles. The molecular weight excluding hydrogens is 382 g/mol. The number of carbonyl (C=O) groups excluding carboxylic acids is 1. The molecule has 122 valence electrons. The quantitative estimate of drug-likeness (QED) is 0.347. The molecule has 0 aliphatic rings. The van der Waals surface area contributed by atoms with Gasteiger partial charge in [0.1, 0.15) is 11.3 Å². The molecule has 2 aromatic rings. The van der Waals surface area contributed by atoms with Crippen molar-refractivity contribution in [2.75, 3.05) is 0 Å². The molecule has 8 heteroatoms. The topological polar surface area (TPSA) is 118 Å². The molecule has 0 saturated heterocycles. The summed E-state index contributed by atoms with van der Waals surface area (Å²) in [7, 11) is 0. The Morgan fingerprint density at radius 1 is 1.17 bits per heavy atom. The number of halogens is 1. The molecule has 24 heavy (non-hydrogen) atoms. The molecule has 0 bridgehead atoms. The van der Waals surface area contributed by atoms with Crippen molar-refractivity contribution in [1.29, 1.82) is 0 Å². The lowest BCUT2D eigenvalue weighted by atomic mass is 10.0. The summed E-state index contributed by atoms with van der Waals surface area (Å²) in [6, 6.07) is 8.12. The van der Waals surface area contributed by atoms with Crippen molar-refractivity contribution in [2.45, 2.75) is 0 Å². The molecule has 0 radical (unpaired) electrons. The van der Waals surface area contributed by atoms with Crippen molar-refractivity contribution >= 4 is 39.4 Å². The van der Waals surface area contributed by atoms with Crippen molar-refractivity contribution in [3.63, 3.8) is 0 Å². The second kappa shape index (κ2) is 7.05. The zero-order valence-electron chi connectivity index (χ0n) is 12.0. The van der Waals surface area contributed by atoms with Gasteiger partial charge in [0.2, 0.25) is 0 Å². The van der Waals surface area contributed by atoms with Crippen LogP contribution in [-0.2, 0) is 0 Å². The average molecular weight is 392 g/mol. The first-order chi connectivity index (χ1) is 11.3. The third kappa shape index (κ3) is 3.85. The Hall–Kier alpha value is -3.00. The molecule has 7 nitrogen and oxygen atoms in total. The highest BCUT2D eigenvalue weighted by Crippen LogP contribution is 2.28. The van der Waals surface area contributed by atoms with E-state index in [0.717, 1.165) is 6.08 Å². The molecular formula is C16H10BrNO6. The minimum Gasteiger partial charge on any atom is -0.506 e. The van der Waals surface area contributed by atoms with E-state index in [1.807, 2.05) is 0 Å². The van der Waals surface area contributed by atoms with Gasteiger partial charge in [-0.25, -0.2) is 4.79 Å². The fourth-order valence-electron chi connectivity index (χ4n) is 1.95. The number of nitro groups is 1. The van der Waals surface area contributed by atoms with Gasteiger partial charge < -0.3 is 10.2 Å². The van der Waals surface area contributed by atoms with E-state index in [1.165, 1.54) is 36.4 Å². The summed E-state index contributed by atoms with van der Waals surface area (Å²) in [5.41, 5.74) is -0.298. The average Bonchev–Trinajstić information content (AvgIpc) is 2.54. The monoisotopic (exact) mass is 391 g/mol. The van der Waals surface area contributed by atoms with Gasteiger partial charge in [0, 0.05) is 16.6 Å². The Morgan fingerprint density at radius 3 is 2.46 bits per heavy atom. The SMILES string of the molecule is O=C(O)c1cc(Br)cc(C(=O)/C=C/c2cccc([N+](=O)[O-])c2)c1O. The van der Waals surface area contributed by atoms with Gasteiger partial charge in [-0.05, 0) is 23.8 Å². The number of phenols is 1. The van der Waals surface area contributed by atoms with E-state index in [2.05, 4.69) is 15.9 Å². The Kier molecular flexibility index (Phi) is 5.10. The second-order valence-electron chi connectivity index (χ2n) is 4.70. The van der Waals surface area contributed by atoms with Gasteiger partial charge in [-0.3, -0.25) is 14.9 Å². The maximum atomic E-state index is 12.2. The van der Waals surface area contributed by atoms with Crippen LogP contribution in [0, 0.1) is 10.1 Å². The number of hydrogen-bond acceptors (Lipinski definition) is 5. The van der Waals surface area contributed by atoms with E-state index in [-0.39, 0.29) is 11.3 Å². The van der Waals surface area contributed by atoms with E-state index in [1.54, 1.807) is 6.07 Å². The van der Waals surface area contributed by atoms with Crippen molar-refractivity contribution in [3.05, 3.63) is 73.8 Å². The van der Waals surface area contributed by atoms with Crippen LogP contribution in [0.3, 0.4) is 0 Å². The van der Waals surface area contributed by atoms with Gasteiger partial charge in [0.25, 0.3) is 5.69 Å². The predicted molar refractivity (Wildman–Crippen MR) is 89.2 cm³/mol. The van der Waals surface area contributed by atoms with E-state index in [0.29, 0.717) is 10.0 Å². The highest BCUT2D eigenvalue weighted by atomic mass is 79.9. The lowest BCUT2D eigenvalue weighted by Crippen LogP contribution is -2.03. The lowest BCUT2D eigenvalue weighted by molar-refractivity contribution is -0.384. The Morgan fingerprint density at radius 2 is 1.83 bits per heavy atom. The normalized spacial score (nSPS) is 10.7. The molecule has 2 aromatic carbocycles. The number of carboxylic acid groups (broad SMARTS) is 1. The van der Waals surface area contributed by atoms with Crippen LogP contribution in [0.25, 0.3) is 6.08 Å². The highest BCUT2D eigenvalue weighted by Gasteiger charge is 2.18. The number of aromatic carboxylic acids is 1. The number of allylic oxidation sites excluding steroid dienone is 1. The van der Waals surface area contributed by atoms with Crippen LogP contribution in [0.5, 0.6) is 5.75 Å². The Bertz CT molecular complexity index is 875. The number of non-ortho nitro benzene ring substituents is 1. The van der Waals surface area contributed by atoms with Crippen LogP contribution in [0.1, 0.15) is 26.3 Å². The number of hydrogen-bond donors (Lipinski definition) is 2. The standard InChI is InChI=1S/C16H10BrNO6/c17-10-7-12(15(20)13(8-10)16(21)22)14(19)5-4-9-2-1-3-11(6-9)18(23)24/h1-8,20H,(H,21,22)/b5-4+. The summed E-state index contributed by atoms with van der Waals surface area (Å²) in [5.74, 6) is -2.65. The molecule has 0 amide bonds. The first-order valence-corrected chi connectivity index (χ1v) is 7.31. The fourth-order valence-corrected chi connectivity index (χ4v) is 2.41.